The zero-order valence-electron chi connectivity index (χ0n) is 14.2. The molecule has 1 amide bonds. The van der Waals surface area contributed by atoms with E-state index in [9.17, 15) is 4.79 Å². The highest BCUT2D eigenvalue weighted by Crippen LogP contribution is 2.38. The molecule has 1 saturated heterocycles. The molecule has 2 heterocycles. The van der Waals surface area contributed by atoms with Gasteiger partial charge in [-0.3, -0.25) is 9.69 Å². The largest absolute Gasteiger partial charge is 0.485 e. The van der Waals surface area contributed by atoms with Gasteiger partial charge in [0.1, 0.15) is 16.2 Å². The molecule has 0 radical (unpaired) electrons. The number of ether oxygens (including phenoxy) is 1. The number of fused-ring (bicyclic) bond motifs is 1. The standard InChI is InChI=1S/C20H21NO2S2/c1-13-15(11-14-7-5-6-10-17(14)23-13)12-18-19(22)21(20(24)25-18)16-8-3-2-4-9-16/h5-7,10-13,16H,2-4,8-9H2,1H3/b18-12-/t13-/m0/s1. The summed E-state index contributed by atoms with van der Waals surface area (Å²) in [7, 11) is 0. The SMILES string of the molecule is C[C@@H]1Oc2ccccc2C=C1/C=C1\SC(=S)N(C2CCCCC2)C1=O. The van der Waals surface area contributed by atoms with Crippen molar-refractivity contribution in [3.63, 3.8) is 0 Å². The van der Waals surface area contributed by atoms with Gasteiger partial charge in [-0.1, -0.05) is 61.4 Å². The van der Waals surface area contributed by atoms with E-state index in [1.54, 1.807) is 0 Å². The number of amides is 1. The maximum absolute atomic E-state index is 12.9. The minimum atomic E-state index is -0.0758. The average Bonchev–Trinajstić information content (AvgIpc) is 2.90. The summed E-state index contributed by atoms with van der Waals surface area (Å²) < 4.78 is 6.68. The average molecular weight is 372 g/mol. The summed E-state index contributed by atoms with van der Waals surface area (Å²) in [4.78, 5) is 15.5. The van der Waals surface area contributed by atoms with E-state index >= 15 is 0 Å². The Morgan fingerprint density at radius 1 is 1.24 bits per heavy atom. The lowest BCUT2D eigenvalue weighted by atomic mass is 9.94. The third-order valence-electron chi connectivity index (χ3n) is 5.08. The van der Waals surface area contributed by atoms with Crippen molar-refractivity contribution in [2.24, 2.45) is 0 Å². The number of hydrogen-bond donors (Lipinski definition) is 0. The number of thiocarbonyl (C=S) groups is 1. The Kier molecular flexibility index (Phi) is 4.69. The summed E-state index contributed by atoms with van der Waals surface area (Å²) in [5.74, 6) is 0.954. The second-order valence-electron chi connectivity index (χ2n) is 6.79. The van der Waals surface area contributed by atoms with Crippen LogP contribution in [0.1, 0.15) is 44.6 Å². The van der Waals surface area contributed by atoms with Crippen molar-refractivity contribution < 1.29 is 9.53 Å². The number of thioether (sulfide) groups is 1. The van der Waals surface area contributed by atoms with Gasteiger partial charge < -0.3 is 4.74 Å². The van der Waals surface area contributed by atoms with E-state index in [0.29, 0.717) is 4.32 Å². The molecule has 1 aliphatic carbocycles. The molecule has 1 aromatic rings. The fraction of sp³-hybridized carbons (Fsp3) is 0.400. The number of para-hydroxylation sites is 1. The molecule has 130 valence electrons. The Balaban J connectivity index is 1.60. The van der Waals surface area contributed by atoms with Gasteiger partial charge in [-0.05, 0) is 43.6 Å². The molecule has 3 nitrogen and oxygen atoms in total. The summed E-state index contributed by atoms with van der Waals surface area (Å²) in [5.41, 5.74) is 2.07. The lowest BCUT2D eigenvalue weighted by Gasteiger charge is -2.29. The summed E-state index contributed by atoms with van der Waals surface area (Å²) >= 11 is 6.94. The van der Waals surface area contributed by atoms with Crippen LogP contribution in [-0.4, -0.2) is 27.3 Å². The highest BCUT2D eigenvalue weighted by atomic mass is 32.2. The van der Waals surface area contributed by atoms with Gasteiger partial charge in [0, 0.05) is 11.6 Å². The zero-order chi connectivity index (χ0) is 17.4. The van der Waals surface area contributed by atoms with Crippen LogP contribution in [0.4, 0.5) is 0 Å². The first-order chi connectivity index (χ1) is 12.1. The quantitative estimate of drug-likeness (QED) is 0.545. The minimum Gasteiger partial charge on any atom is -0.485 e. The maximum Gasteiger partial charge on any atom is 0.266 e. The van der Waals surface area contributed by atoms with Gasteiger partial charge in [0.25, 0.3) is 5.91 Å². The molecule has 0 unspecified atom stereocenters. The Morgan fingerprint density at radius 2 is 2.00 bits per heavy atom. The van der Waals surface area contributed by atoms with Crippen LogP contribution in [0.15, 0.2) is 40.8 Å². The van der Waals surface area contributed by atoms with E-state index in [1.165, 1.54) is 31.0 Å². The van der Waals surface area contributed by atoms with Crippen LogP contribution in [0.3, 0.4) is 0 Å². The first kappa shape index (κ1) is 16.9. The number of carbonyl (C=O) groups is 1. The molecular weight excluding hydrogens is 350 g/mol. The number of hydrogen-bond acceptors (Lipinski definition) is 4. The van der Waals surface area contributed by atoms with E-state index in [1.807, 2.05) is 42.2 Å². The molecule has 0 aromatic heterocycles. The second kappa shape index (κ2) is 6.96. The van der Waals surface area contributed by atoms with Gasteiger partial charge in [-0.15, -0.1) is 0 Å². The molecule has 0 bridgehead atoms. The predicted octanol–water partition coefficient (Wildman–Crippen LogP) is 4.93. The van der Waals surface area contributed by atoms with E-state index in [4.69, 9.17) is 17.0 Å². The monoisotopic (exact) mass is 371 g/mol. The molecule has 25 heavy (non-hydrogen) atoms. The molecule has 1 aromatic carbocycles. The van der Waals surface area contributed by atoms with Crippen molar-refractivity contribution in [2.75, 3.05) is 0 Å². The van der Waals surface area contributed by atoms with Gasteiger partial charge in [-0.25, -0.2) is 0 Å². The molecule has 3 aliphatic rings. The molecule has 0 N–H and O–H groups in total. The van der Waals surface area contributed by atoms with Gasteiger partial charge in [0.15, 0.2) is 0 Å². The van der Waals surface area contributed by atoms with Crippen LogP contribution < -0.4 is 4.74 Å². The lowest BCUT2D eigenvalue weighted by Crippen LogP contribution is -2.39. The van der Waals surface area contributed by atoms with Crippen molar-refractivity contribution in [1.82, 2.24) is 4.90 Å². The van der Waals surface area contributed by atoms with Crippen LogP contribution in [0, 0.1) is 0 Å². The molecule has 2 fully saturated rings. The Hall–Kier alpha value is -1.59. The summed E-state index contributed by atoms with van der Waals surface area (Å²) in [6.07, 6.45) is 9.76. The van der Waals surface area contributed by atoms with Crippen molar-refractivity contribution in [3.05, 3.63) is 46.4 Å². The van der Waals surface area contributed by atoms with Gasteiger partial charge >= 0.3 is 0 Å². The van der Waals surface area contributed by atoms with Crippen molar-refractivity contribution >= 4 is 40.3 Å². The summed E-state index contributed by atoms with van der Waals surface area (Å²) in [6.45, 7) is 2.01. The summed E-state index contributed by atoms with van der Waals surface area (Å²) in [5, 5.41) is 0. The first-order valence-electron chi connectivity index (χ1n) is 8.88. The van der Waals surface area contributed by atoms with Gasteiger partial charge in [0.2, 0.25) is 0 Å². The zero-order valence-corrected chi connectivity index (χ0v) is 15.9. The molecule has 0 spiro atoms. The number of nitrogens with zero attached hydrogens (tertiary/aromatic N) is 1. The maximum atomic E-state index is 12.9. The lowest BCUT2D eigenvalue weighted by molar-refractivity contribution is -0.124. The predicted molar refractivity (Wildman–Crippen MR) is 107 cm³/mol. The smallest absolute Gasteiger partial charge is 0.266 e. The van der Waals surface area contributed by atoms with Crippen LogP contribution >= 0.6 is 24.0 Å². The van der Waals surface area contributed by atoms with Crippen LogP contribution in [0.5, 0.6) is 5.75 Å². The molecule has 1 saturated carbocycles. The minimum absolute atomic E-state index is 0.0638. The van der Waals surface area contributed by atoms with Crippen LogP contribution in [0.2, 0.25) is 0 Å². The fourth-order valence-corrected chi connectivity index (χ4v) is 5.11. The van der Waals surface area contributed by atoms with Crippen molar-refractivity contribution in [1.29, 1.82) is 0 Å². The molecule has 4 rings (SSSR count). The van der Waals surface area contributed by atoms with Gasteiger partial charge in [0.05, 0.1) is 4.91 Å². The Labute approximate surface area is 158 Å². The molecule has 2 aliphatic heterocycles. The molecule has 1 atom stereocenters. The van der Waals surface area contributed by atoms with E-state index in [2.05, 4.69) is 6.08 Å². The van der Waals surface area contributed by atoms with Crippen molar-refractivity contribution in [2.45, 2.75) is 51.2 Å². The fourth-order valence-electron chi connectivity index (χ4n) is 3.71. The topological polar surface area (TPSA) is 29.5 Å². The molecular formula is C20H21NO2S2. The highest BCUT2D eigenvalue weighted by molar-refractivity contribution is 8.26. The summed E-state index contributed by atoms with van der Waals surface area (Å²) in [6, 6.07) is 8.25. The highest BCUT2D eigenvalue weighted by Gasteiger charge is 2.37. The van der Waals surface area contributed by atoms with E-state index in [0.717, 1.165) is 34.6 Å². The third-order valence-corrected chi connectivity index (χ3v) is 6.41. The van der Waals surface area contributed by atoms with E-state index < -0.39 is 0 Å². The Morgan fingerprint density at radius 3 is 2.80 bits per heavy atom. The normalized spacial score (nSPS) is 25.8. The third kappa shape index (κ3) is 3.27. The second-order valence-corrected chi connectivity index (χ2v) is 8.46. The number of rotatable bonds is 2. The van der Waals surface area contributed by atoms with E-state index in [-0.39, 0.29) is 18.1 Å². The van der Waals surface area contributed by atoms with Crippen LogP contribution in [0.25, 0.3) is 6.08 Å². The number of carbonyl (C=O) groups excluding carboxylic acids is 1. The number of benzene rings is 1. The van der Waals surface area contributed by atoms with Crippen molar-refractivity contribution in [3.8, 4) is 5.75 Å². The van der Waals surface area contributed by atoms with Gasteiger partial charge in [-0.2, -0.15) is 0 Å². The first-order valence-corrected chi connectivity index (χ1v) is 10.1. The Bertz CT molecular complexity index is 778. The van der Waals surface area contributed by atoms with Crippen LogP contribution in [-0.2, 0) is 4.79 Å². The molecule has 5 heteroatoms.